The van der Waals surface area contributed by atoms with Gasteiger partial charge in [0.05, 0.1) is 5.69 Å². The molecule has 46 heavy (non-hydrogen) atoms. The Balaban J connectivity index is 1.15. The Morgan fingerprint density at radius 1 is 0.457 bits per heavy atom. The lowest BCUT2D eigenvalue weighted by Crippen LogP contribution is -2.36. The van der Waals surface area contributed by atoms with Crippen LogP contribution in [0.25, 0.3) is 33.7 Å². The maximum absolute atomic E-state index is 2.48. The number of nitrogens with zero attached hydrogens (tertiary/aromatic N) is 2. The van der Waals surface area contributed by atoms with E-state index >= 15 is 0 Å². The van der Waals surface area contributed by atoms with Gasteiger partial charge in [-0.1, -0.05) is 121 Å². The first-order valence-electron chi connectivity index (χ1n) is 16.3. The van der Waals surface area contributed by atoms with E-state index in [0.29, 0.717) is 0 Å². The second kappa shape index (κ2) is 12.4. The summed E-state index contributed by atoms with van der Waals surface area (Å²) in [4.78, 5) is 4.84. The zero-order valence-electron chi connectivity index (χ0n) is 25.9. The summed E-state index contributed by atoms with van der Waals surface area (Å²) in [5, 5.41) is 5.14. The van der Waals surface area contributed by atoms with Gasteiger partial charge in [0.2, 0.25) is 0 Å². The molecule has 0 fully saturated rings. The number of hydrogen-bond acceptors (Lipinski definition) is 2. The third kappa shape index (κ3) is 5.33. The Hall–Kier alpha value is -5.60. The fourth-order valence-corrected chi connectivity index (χ4v) is 6.91. The summed E-state index contributed by atoms with van der Waals surface area (Å²) >= 11 is 0. The quantitative estimate of drug-likeness (QED) is 0.182. The average molecular weight is 593 g/mol. The molecule has 0 bridgehead atoms. The summed E-state index contributed by atoms with van der Waals surface area (Å²) < 4.78 is 0. The third-order valence-corrected chi connectivity index (χ3v) is 9.13. The standard InChI is InChI=1S/C44H36N2/c1-3-17-37(18-4-1)45(43-23-11-15-35-13-7-9-21-41(35)43)39-29-25-33(26-30-39)34-27-31-40(32-28-34)46(38-19-5-2-6-20-38)44-24-12-16-36-14-8-10-22-42(36)44/h1,3-5,7-11,13-23,25-32H,2,6,12,24H2. The lowest BCUT2D eigenvalue weighted by atomic mass is 10.00. The van der Waals surface area contributed by atoms with E-state index in [1.165, 1.54) is 55.1 Å². The van der Waals surface area contributed by atoms with Crippen molar-refractivity contribution in [3.05, 3.63) is 180 Å². The first-order valence-corrected chi connectivity index (χ1v) is 16.3. The van der Waals surface area contributed by atoms with E-state index in [2.05, 4.69) is 180 Å². The largest absolute Gasteiger partial charge is 0.314 e. The molecule has 2 heteroatoms. The van der Waals surface area contributed by atoms with Crippen LogP contribution < -0.4 is 20.2 Å². The lowest BCUT2D eigenvalue weighted by molar-refractivity contribution is 0.966. The minimum Gasteiger partial charge on any atom is -0.314 e. The van der Waals surface area contributed by atoms with Gasteiger partial charge < -0.3 is 9.80 Å². The second-order valence-electron chi connectivity index (χ2n) is 12.0. The van der Waals surface area contributed by atoms with Crippen molar-refractivity contribution in [1.29, 1.82) is 0 Å². The smallest absolute Gasteiger partial charge is 0.0540 e. The Morgan fingerprint density at radius 2 is 1.11 bits per heavy atom. The molecule has 0 saturated heterocycles. The molecule has 2 aliphatic carbocycles. The summed E-state index contributed by atoms with van der Waals surface area (Å²) in [6, 6.07) is 52.7. The van der Waals surface area contributed by atoms with Crippen molar-refractivity contribution >= 4 is 45.3 Å². The van der Waals surface area contributed by atoms with Gasteiger partial charge in [0.25, 0.3) is 0 Å². The summed E-state index contributed by atoms with van der Waals surface area (Å²) in [6.45, 7) is 0. The van der Waals surface area contributed by atoms with Gasteiger partial charge in [0.15, 0.2) is 0 Å². The van der Waals surface area contributed by atoms with E-state index in [-0.39, 0.29) is 0 Å². The molecule has 0 unspecified atom stereocenters. The van der Waals surface area contributed by atoms with Crippen molar-refractivity contribution in [3.63, 3.8) is 0 Å². The Morgan fingerprint density at radius 3 is 1.87 bits per heavy atom. The monoisotopic (exact) mass is 592 g/mol. The highest BCUT2D eigenvalue weighted by molar-refractivity contribution is 5.99. The number of anilines is 4. The highest BCUT2D eigenvalue weighted by Gasteiger charge is 2.19. The first-order chi connectivity index (χ1) is 22.8. The molecule has 0 radical (unpaired) electrons. The molecule has 0 heterocycles. The molecule has 8 rings (SSSR count). The van der Waals surface area contributed by atoms with Crippen molar-refractivity contribution in [3.8, 4) is 11.1 Å². The fraction of sp³-hybridized carbons (Fsp3) is 0.0909. The highest BCUT2D eigenvalue weighted by atomic mass is 15.2. The number of allylic oxidation sites excluding steroid dienone is 3. The van der Waals surface area contributed by atoms with Crippen LogP contribution in [0.15, 0.2) is 170 Å². The minimum absolute atomic E-state index is 1.03. The zero-order chi connectivity index (χ0) is 30.7. The van der Waals surface area contributed by atoms with Crippen LogP contribution in [0.5, 0.6) is 0 Å². The van der Waals surface area contributed by atoms with Crippen molar-refractivity contribution in [2.45, 2.75) is 25.7 Å². The first kappa shape index (κ1) is 27.9. The topological polar surface area (TPSA) is 6.48 Å². The van der Waals surface area contributed by atoms with E-state index in [1.807, 2.05) is 0 Å². The van der Waals surface area contributed by atoms with Crippen LogP contribution in [0.1, 0.15) is 25.7 Å². The normalized spacial score (nSPS) is 13.9. The molecule has 2 aliphatic rings. The van der Waals surface area contributed by atoms with E-state index in [4.69, 9.17) is 0 Å². The molecule has 0 N–H and O–H groups in total. The molecule has 0 aromatic heterocycles. The summed E-state index contributed by atoms with van der Waals surface area (Å²) in [7, 11) is 0. The maximum atomic E-state index is 2.48. The van der Waals surface area contributed by atoms with Crippen LogP contribution in [0, 0.1) is 0 Å². The van der Waals surface area contributed by atoms with Crippen LogP contribution in [-0.2, 0) is 0 Å². The summed E-state index contributed by atoms with van der Waals surface area (Å²) in [6.07, 6.45) is 13.6. The number of rotatable bonds is 7. The molecule has 222 valence electrons. The Bertz CT molecular complexity index is 2180. The second-order valence-corrected chi connectivity index (χ2v) is 12.0. The summed E-state index contributed by atoms with van der Waals surface area (Å²) in [5.74, 6) is 0. The van der Waals surface area contributed by atoms with Crippen LogP contribution in [0.2, 0.25) is 0 Å². The van der Waals surface area contributed by atoms with Gasteiger partial charge in [-0.15, -0.1) is 0 Å². The SMILES string of the molecule is C1=CC(N(C2=c3ccccc3=CCC2)c2ccc(-c3ccc(N(c4ccccc4)c4cccc5ccccc45)cc3)cc2)=CCC1. The van der Waals surface area contributed by atoms with E-state index in [0.717, 1.165) is 37.1 Å². The number of fused-ring (bicyclic) bond motifs is 2. The van der Waals surface area contributed by atoms with Crippen molar-refractivity contribution < 1.29 is 0 Å². The van der Waals surface area contributed by atoms with Gasteiger partial charge in [-0.25, -0.2) is 0 Å². The average Bonchev–Trinajstić information content (AvgIpc) is 3.14. The molecule has 6 aromatic rings. The Labute approximate surface area is 271 Å². The molecule has 0 aliphatic heterocycles. The number of benzene rings is 6. The van der Waals surface area contributed by atoms with Gasteiger partial charge in [-0.2, -0.15) is 0 Å². The van der Waals surface area contributed by atoms with Crippen LogP contribution in [0.4, 0.5) is 22.7 Å². The van der Waals surface area contributed by atoms with Crippen LogP contribution in [-0.4, -0.2) is 0 Å². The molecule has 0 saturated carbocycles. The van der Waals surface area contributed by atoms with Gasteiger partial charge in [0, 0.05) is 39.1 Å². The van der Waals surface area contributed by atoms with Gasteiger partial charge in [0.1, 0.15) is 0 Å². The fourth-order valence-electron chi connectivity index (χ4n) is 6.91. The van der Waals surface area contributed by atoms with E-state index < -0.39 is 0 Å². The molecule has 2 nitrogen and oxygen atoms in total. The Kier molecular flexibility index (Phi) is 7.54. The third-order valence-electron chi connectivity index (χ3n) is 9.13. The summed E-state index contributed by atoms with van der Waals surface area (Å²) in [5.41, 5.74) is 9.71. The molecule has 6 aromatic carbocycles. The van der Waals surface area contributed by atoms with E-state index in [1.54, 1.807) is 0 Å². The highest BCUT2D eigenvalue weighted by Crippen LogP contribution is 2.39. The van der Waals surface area contributed by atoms with Gasteiger partial charge in [-0.3, -0.25) is 0 Å². The zero-order valence-corrected chi connectivity index (χ0v) is 25.9. The molecular weight excluding hydrogens is 556 g/mol. The minimum atomic E-state index is 1.03. The van der Waals surface area contributed by atoms with Crippen LogP contribution in [0.3, 0.4) is 0 Å². The molecule has 0 atom stereocenters. The van der Waals surface area contributed by atoms with Gasteiger partial charge in [-0.05, 0) is 96.0 Å². The predicted octanol–water partition coefficient (Wildman–Crippen LogP) is 10.4. The molecule has 0 spiro atoms. The van der Waals surface area contributed by atoms with Gasteiger partial charge >= 0.3 is 0 Å². The lowest BCUT2D eigenvalue weighted by Gasteiger charge is -2.31. The van der Waals surface area contributed by atoms with Crippen molar-refractivity contribution in [1.82, 2.24) is 0 Å². The predicted molar refractivity (Wildman–Crippen MR) is 196 cm³/mol. The van der Waals surface area contributed by atoms with Crippen molar-refractivity contribution in [2.24, 2.45) is 0 Å². The van der Waals surface area contributed by atoms with Crippen LogP contribution >= 0.6 is 0 Å². The molecule has 0 amide bonds. The van der Waals surface area contributed by atoms with E-state index in [9.17, 15) is 0 Å². The maximum Gasteiger partial charge on any atom is 0.0540 e. The number of hydrogen-bond donors (Lipinski definition) is 0. The molecular formula is C44H36N2. The number of para-hydroxylation sites is 1. The van der Waals surface area contributed by atoms with Crippen molar-refractivity contribution in [2.75, 3.05) is 9.80 Å².